The number of hydrogen-bond acceptors (Lipinski definition) is 5. The third-order valence-electron chi connectivity index (χ3n) is 2.54. The predicted molar refractivity (Wildman–Crippen MR) is 64.4 cm³/mol. The minimum Gasteiger partial charge on any atom is -0.383 e. The van der Waals surface area contributed by atoms with E-state index in [-0.39, 0.29) is 0 Å². The summed E-state index contributed by atoms with van der Waals surface area (Å²) in [7, 11) is 1.66. The zero-order valence-corrected chi connectivity index (χ0v) is 10.2. The minimum atomic E-state index is 0.325. The summed E-state index contributed by atoms with van der Waals surface area (Å²) in [6.45, 7) is 5.54. The number of ether oxygens (including phenoxy) is 1. The van der Waals surface area contributed by atoms with Crippen LogP contribution in [0.5, 0.6) is 0 Å². The first-order valence-corrected chi connectivity index (χ1v) is 5.67. The van der Waals surface area contributed by atoms with Gasteiger partial charge in [0.05, 0.1) is 12.6 Å². The van der Waals surface area contributed by atoms with Crippen LogP contribution in [-0.4, -0.2) is 35.0 Å². The smallest absolute Gasteiger partial charge is 0.244 e. The highest BCUT2D eigenvalue weighted by Crippen LogP contribution is 2.18. The van der Waals surface area contributed by atoms with E-state index in [0.717, 1.165) is 12.8 Å². The number of nitrogens with zero attached hydrogens (tertiary/aromatic N) is 3. The second-order valence-electron chi connectivity index (χ2n) is 3.63. The molecular formula is C10H21N5O. The first kappa shape index (κ1) is 12.8. The van der Waals surface area contributed by atoms with Crippen LogP contribution in [0.2, 0.25) is 0 Å². The van der Waals surface area contributed by atoms with Crippen LogP contribution < -0.4 is 11.1 Å². The van der Waals surface area contributed by atoms with Crippen LogP contribution in [0.3, 0.4) is 0 Å². The average molecular weight is 227 g/mol. The van der Waals surface area contributed by atoms with Gasteiger partial charge in [-0.25, -0.2) is 4.68 Å². The molecule has 0 aliphatic carbocycles. The molecule has 1 aromatic heterocycles. The van der Waals surface area contributed by atoms with E-state index in [4.69, 9.17) is 10.5 Å². The molecule has 0 saturated carbocycles. The van der Waals surface area contributed by atoms with Crippen LogP contribution in [0.15, 0.2) is 0 Å². The average Bonchev–Trinajstić information content (AvgIpc) is 2.63. The zero-order chi connectivity index (χ0) is 12.0. The Labute approximate surface area is 96.2 Å². The van der Waals surface area contributed by atoms with Gasteiger partial charge in [-0.15, -0.1) is 5.10 Å². The Morgan fingerprint density at radius 3 is 2.69 bits per heavy atom. The van der Waals surface area contributed by atoms with E-state index in [2.05, 4.69) is 29.2 Å². The number of hydrogen-bond donors (Lipinski definition) is 2. The van der Waals surface area contributed by atoms with Crippen molar-refractivity contribution in [1.82, 2.24) is 14.8 Å². The van der Waals surface area contributed by atoms with Crippen molar-refractivity contribution in [2.45, 2.75) is 32.7 Å². The number of rotatable bonds is 7. The number of nitrogens with one attached hydrogen (secondary N) is 1. The maximum absolute atomic E-state index is 5.82. The Kier molecular flexibility index (Phi) is 5.04. The fraction of sp³-hybridized carbons (Fsp3) is 0.800. The predicted octanol–water partition coefficient (Wildman–Crippen LogP) is 1.28. The highest BCUT2D eigenvalue weighted by atomic mass is 16.5. The van der Waals surface area contributed by atoms with Crippen LogP contribution in [0.4, 0.5) is 11.9 Å². The van der Waals surface area contributed by atoms with Crippen molar-refractivity contribution in [2.75, 3.05) is 31.3 Å². The van der Waals surface area contributed by atoms with Crippen molar-refractivity contribution >= 4 is 11.9 Å². The summed E-state index contributed by atoms with van der Waals surface area (Å²) >= 11 is 0. The quantitative estimate of drug-likeness (QED) is 0.686. The van der Waals surface area contributed by atoms with Crippen LogP contribution in [0.25, 0.3) is 0 Å². The van der Waals surface area contributed by atoms with Gasteiger partial charge in [0.15, 0.2) is 0 Å². The van der Waals surface area contributed by atoms with Gasteiger partial charge in [0.1, 0.15) is 0 Å². The van der Waals surface area contributed by atoms with Crippen LogP contribution >= 0.6 is 0 Å². The van der Waals surface area contributed by atoms with E-state index < -0.39 is 0 Å². The monoisotopic (exact) mass is 227 g/mol. The Hall–Kier alpha value is -1.30. The van der Waals surface area contributed by atoms with E-state index >= 15 is 0 Å². The second-order valence-corrected chi connectivity index (χ2v) is 3.63. The summed E-state index contributed by atoms with van der Waals surface area (Å²) in [6.07, 6.45) is 2.00. The number of methoxy groups -OCH3 is 1. The molecule has 0 saturated heterocycles. The van der Waals surface area contributed by atoms with Gasteiger partial charge in [0, 0.05) is 13.7 Å². The Balaban J connectivity index is 2.65. The summed E-state index contributed by atoms with van der Waals surface area (Å²) in [5.74, 6) is 1.04. The summed E-state index contributed by atoms with van der Waals surface area (Å²) in [6, 6.07) is 0.325. The van der Waals surface area contributed by atoms with E-state index in [9.17, 15) is 0 Å². The molecule has 16 heavy (non-hydrogen) atoms. The molecule has 0 aromatic carbocycles. The maximum Gasteiger partial charge on any atom is 0.244 e. The molecule has 6 nitrogen and oxygen atoms in total. The molecule has 0 fully saturated rings. The normalized spacial score (nSPS) is 11.0. The van der Waals surface area contributed by atoms with Gasteiger partial charge < -0.3 is 15.8 Å². The van der Waals surface area contributed by atoms with Gasteiger partial charge in [-0.05, 0) is 12.8 Å². The molecular weight excluding hydrogens is 206 g/mol. The van der Waals surface area contributed by atoms with Crippen LogP contribution in [-0.2, 0) is 4.74 Å². The summed E-state index contributed by atoms with van der Waals surface area (Å²) in [4.78, 5) is 4.16. The molecule has 0 atom stereocenters. The molecule has 0 spiro atoms. The lowest BCUT2D eigenvalue weighted by Gasteiger charge is -2.12. The SMILES string of the molecule is CCC(CC)n1nc(NCCOC)nc1N. The van der Waals surface area contributed by atoms with Crippen LogP contribution in [0, 0.1) is 0 Å². The number of aromatic nitrogens is 3. The molecule has 0 aliphatic rings. The Morgan fingerprint density at radius 1 is 1.44 bits per heavy atom. The lowest BCUT2D eigenvalue weighted by Crippen LogP contribution is -2.12. The standard InChI is InChI=1S/C10H21N5O/c1-4-8(5-2)15-9(11)13-10(14-15)12-6-7-16-3/h8H,4-7H2,1-3H3,(H3,11,12,13,14). The van der Waals surface area contributed by atoms with E-state index in [1.165, 1.54) is 0 Å². The molecule has 1 aromatic rings. The van der Waals surface area contributed by atoms with Crippen molar-refractivity contribution in [2.24, 2.45) is 0 Å². The first-order chi connectivity index (χ1) is 7.72. The van der Waals surface area contributed by atoms with Gasteiger partial charge in [-0.1, -0.05) is 13.8 Å². The van der Waals surface area contributed by atoms with Gasteiger partial charge in [0.25, 0.3) is 0 Å². The summed E-state index contributed by atoms with van der Waals surface area (Å²) in [5.41, 5.74) is 5.82. The molecule has 92 valence electrons. The second kappa shape index (κ2) is 6.32. The number of nitrogen functional groups attached to an aromatic ring is 1. The van der Waals surface area contributed by atoms with Crippen molar-refractivity contribution in [3.8, 4) is 0 Å². The highest BCUT2D eigenvalue weighted by molar-refractivity contribution is 5.31. The molecule has 0 aliphatic heterocycles. The van der Waals surface area contributed by atoms with Crippen LogP contribution in [0.1, 0.15) is 32.7 Å². The fourth-order valence-electron chi connectivity index (χ4n) is 1.58. The summed E-state index contributed by atoms with van der Waals surface area (Å²) < 4.78 is 6.72. The maximum atomic E-state index is 5.82. The molecule has 6 heteroatoms. The van der Waals surface area contributed by atoms with Gasteiger partial charge >= 0.3 is 0 Å². The zero-order valence-electron chi connectivity index (χ0n) is 10.2. The van der Waals surface area contributed by atoms with E-state index in [1.54, 1.807) is 11.8 Å². The lowest BCUT2D eigenvalue weighted by molar-refractivity contribution is 0.210. The van der Waals surface area contributed by atoms with E-state index in [0.29, 0.717) is 31.1 Å². The van der Waals surface area contributed by atoms with Gasteiger partial charge in [-0.3, -0.25) is 0 Å². The van der Waals surface area contributed by atoms with Crippen molar-refractivity contribution in [3.63, 3.8) is 0 Å². The van der Waals surface area contributed by atoms with Crippen molar-refractivity contribution in [1.29, 1.82) is 0 Å². The molecule has 0 unspecified atom stereocenters. The fourth-order valence-corrected chi connectivity index (χ4v) is 1.58. The minimum absolute atomic E-state index is 0.325. The molecule has 0 amide bonds. The Morgan fingerprint density at radius 2 is 2.12 bits per heavy atom. The third-order valence-corrected chi connectivity index (χ3v) is 2.54. The summed E-state index contributed by atoms with van der Waals surface area (Å²) in [5, 5.41) is 7.40. The number of anilines is 2. The molecule has 3 N–H and O–H groups in total. The lowest BCUT2D eigenvalue weighted by atomic mass is 10.2. The Bertz CT molecular complexity index is 308. The van der Waals surface area contributed by atoms with E-state index in [1.807, 2.05) is 0 Å². The number of nitrogens with two attached hydrogens (primary N) is 1. The molecule has 0 radical (unpaired) electrons. The highest BCUT2D eigenvalue weighted by Gasteiger charge is 2.13. The largest absolute Gasteiger partial charge is 0.383 e. The van der Waals surface area contributed by atoms with Crippen molar-refractivity contribution < 1.29 is 4.74 Å². The van der Waals surface area contributed by atoms with Gasteiger partial charge in [-0.2, -0.15) is 4.98 Å². The first-order valence-electron chi connectivity index (χ1n) is 5.67. The van der Waals surface area contributed by atoms with Crippen molar-refractivity contribution in [3.05, 3.63) is 0 Å². The van der Waals surface area contributed by atoms with Gasteiger partial charge in [0.2, 0.25) is 11.9 Å². The molecule has 1 rings (SSSR count). The molecule has 1 heterocycles. The topological polar surface area (TPSA) is 78.0 Å². The molecule has 0 bridgehead atoms. The third kappa shape index (κ3) is 3.10.